The maximum absolute atomic E-state index is 5.37. The van der Waals surface area contributed by atoms with Crippen molar-refractivity contribution >= 4 is 21.3 Å². The van der Waals surface area contributed by atoms with Crippen molar-refractivity contribution in [2.24, 2.45) is 0 Å². The second kappa shape index (κ2) is 4.24. The molecule has 0 heterocycles. The van der Waals surface area contributed by atoms with Gasteiger partial charge in [0.1, 0.15) is 0 Å². The standard InChI is InChI=1S/C14H13OSi/c1-3-14(2,15-16)13-10-6-8-11-7-4-5-9-12(11)13/h3-10H,1H2,2H3. The fourth-order valence-corrected chi connectivity index (χ4v) is 2.06. The second-order valence-corrected chi connectivity index (χ2v) is 4.14. The van der Waals surface area contributed by atoms with Gasteiger partial charge in [0.25, 0.3) is 0 Å². The van der Waals surface area contributed by atoms with Gasteiger partial charge in [-0.2, -0.15) is 0 Å². The summed E-state index contributed by atoms with van der Waals surface area (Å²) in [4.78, 5) is 0. The lowest BCUT2D eigenvalue weighted by atomic mass is 9.91. The summed E-state index contributed by atoms with van der Waals surface area (Å²) in [6.07, 6.45) is 1.79. The molecule has 2 heteroatoms. The van der Waals surface area contributed by atoms with Crippen molar-refractivity contribution in [3.63, 3.8) is 0 Å². The van der Waals surface area contributed by atoms with Gasteiger partial charge in [0.05, 0.1) is 5.60 Å². The molecule has 1 atom stereocenters. The smallest absolute Gasteiger partial charge is 0.247 e. The summed E-state index contributed by atoms with van der Waals surface area (Å²) in [7, 11) is 3.13. The molecule has 0 saturated heterocycles. The summed E-state index contributed by atoms with van der Waals surface area (Å²) in [5, 5.41) is 2.39. The number of rotatable bonds is 3. The zero-order valence-electron chi connectivity index (χ0n) is 9.23. The molecule has 2 aromatic carbocycles. The Morgan fingerprint density at radius 1 is 1.19 bits per heavy atom. The average molecular weight is 225 g/mol. The van der Waals surface area contributed by atoms with Crippen LogP contribution in [0.25, 0.3) is 10.8 Å². The molecule has 79 valence electrons. The lowest BCUT2D eigenvalue weighted by Gasteiger charge is -2.26. The van der Waals surface area contributed by atoms with Crippen LogP contribution in [0.1, 0.15) is 12.5 Å². The van der Waals surface area contributed by atoms with Crippen molar-refractivity contribution in [2.45, 2.75) is 12.5 Å². The number of benzene rings is 2. The fraction of sp³-hybridized carbons (Fsp3) is 0.143. The Morgan fingerprint density at radius 2 is 1.88 bits per heavy atom. The SMILES string of the molecule is C=CC(C)(O[Si])c1cccc2ccccc12. The molecule has 1 nitrogen and oxygen atoms in total. The molecule has 0 aromatic heterocycles. The quantitative estimate of drug-likeness (QED) is 0.575. The molecule has 0 bridgehead atoms. The van der Waals surface area contributed by atoms with Crippen LogP contribution >= 0.6 is 0 Å². The van der Waals surface area contributed by atoms with E-state index in [-0.39, 0.29) is 0 Å². The summed E-state index contributed by atoms with van der Waals surface area (Å²) in [6.45, 7) is 5.81. The van der Waals surface area contributed by atoms with Gasteiger partial charge in [-0.3, -0.25) is 0 Å². The van der Waals surface area contributed by atoms with E-state index < -0.39 is 5.60 Å². The summed E-state index contributed by atoms with van der Waals surface area (Å²) >= 11 is 0. The molecule has 0 aliphatic rings. The van der Waals surface area contributed by atoms with E-state index in [0.717, 1.165) is 5.56 Å². The first-order valence-electron chi connectivity index (χ1n) is 5.18. The minimum absolute atomic E-state index is 0.516. The largest absolute Gasteiger partial charge is 0.406 e. The monoisotopic (exact) mass is 225 g/mol. The van der Waals surface area contributed by atoms with Crippen LogP contribution < -0.4 is 0 Å². The van der Waals surface area contributed by atoms with Crippen LogP contribution in [0.2, 0.25) is 0 Å². The van der Waals surface area contributed by atoms with Crippen LogP contribution in [0.15, 0.2) is 55.1 Å². The van der Waals surface area contributed by atoms with Gasteiger partial charge < -0.3 is 4.43 Å². The van der Waals surface area contributed by atoms with Crippen LogP contribution in [-0.4, -0.2) is 10.5 Å². The van der Waals surface area contributed by atoms with Crippen LogP contribution in [0.4, 0.5) is 0 Å². The van der Waals surface area contributed by atoms with Crippen LogP contribution in [-0.2, 0) is 10.0 Å². The van der Waals surface area contributed by atoms with E-state index in [0.29, 0.717) is 0 Å². The molecule has 2 rings (SSSR count). The lowest BCUT2D eigenvalue weighted by Crippen LogP contribution is -2.21. The maximum atomic E-state index is 5.37. The Kier molecular flexibility index (Phi) is 2.94. The topological polar surface area (TPSA) is 9.23 Å². The predicted octanol–water partition coefficient (Wildman–Crippen LogP) is 3.34. The molecule has 16 heavy (non-hydrogen) atoms. The van der Waals surface area contributed by atoms with Gasteiger partial charge in [-0.1, -0.05) is 55.1 Å². The van der Waals surface area contributed by atoms with Gasteiger partial charge in [0.15, 0.2) is 0 Å². The molecule has 0 spiro atoms. The van der Waals surface area contributed by atoms with Crippen molar-refractivity contribution in [2.75, 3.05) is 0 Å². The first kappa shape index (κ1) is 11.1. The van der Waals surface area contributed by atoms with Gasteiger partial charge in [0, 0.05) is 0 Å². The first-order valence-corrected chi connectivity index (χ1v) is 5.58. The normalized spacial score (nSPS) is 14.6. The minimum atomic E-state index is -0.516. The summed E-state index contributed by atoms with van der Waals surface area (Å²) in [5.41, 5.74) is 0.591. The summed E-state index contributed by atoms with van der Waals surface area (Å²) in [6, 6.07) is 14.4. The Hall–Kier alpha value is -1.38. The van der Waals surface area contributed by atoms with Crippen LogP contribution in [0.5, 0.6) is 0 Å². The minimum Gasteiger partial charge on any atom is -0.406 e. The molecule has 0 aliphatic carbocycles. The highest BCUT2D eigenvalue weighted by Crippen LogP contribution is 2.31. The van der Waals surface area contributed by atoms with E-state index in [9.17, 15) is 0 Å². The van der Waals surface area contributed by atoms with Gasteiger partial charge >= 0.3 is 0 Å². The lowest BCUT2D eigenvalue weighted by molar-refractivity contribution is 0.160. The summed E-state index contributed by atoms with van der Waals surface area (Å²) in [5.74, 6) is 0. The van der Waals surface area contributed by atoms with E-state index in [4.69, 9.17) is 4.43 Å². The molecule has 0 saturated carbocycles. The molecule has 0 fully saturated rings. The molecule has 1 unspecified atom stereocenters. The van der Waals surface area contributed by atoms with Crippen molar-refractivity contribution in [3.8, 4) is 0 Å². The zero-order chi connectivity index (χ0) is 11.6. The third-order valence-electron chi connectivity index (χ3n) is 2.93. The van der Waals surface area contributed by atoms with Crippen molar-refractivity contribution in [3.05, 3.63) is 60.7 Å². The second-order valence-electron chi connectivity index (χ2n) is 3.94. The highest BCUT2D eigenvalue weighted by Gasteiger charge is 2.23. The molecular weight excluding hydrogens is 212 g/mol. The Bertz CT molecular complexity index is 516. The molecule has 0 N–H and O–H groups in total. The van der Waals surface area contributed by atoms with Crippen molar-refractivity contribution in [1.82, 2.24) is 0 Å². The molecule has 0 aliphatic heterocycles. The van der Waals surface area contributed by atoms with Crippen molar-refractivity contribution < 1.29 is 4.43 Å². The van der Waals surface area contributed by atoms with Crippen LogP contribution in [0, 0.1) is 0 Å². The molecule has 3 radical (unpaired) electrons. The number of fused-ring (bicyclic) bond motifs is 1. The fourth-order valence-electron chi connectivity index (χ4n) is 1.86. The number of hydrogen-bond donors (Lipinski definition) is 0. The zero-order valence-corrected chi connectivity index (χ0v) is 10.2. The van der Waals surface area contributed by atoms with E-state index >= 15 is 0 Å². The Morgan fingerprint density at radius 3 is 2.56 bits per heavy atom. The van der Waals surface area contributed by atoms with E-state index in [1.807, 2.05) is 25.1 Å². The third-order valence-corrected chi connectivity index (χ3v) is 3.35. The molecular formula is C14H13OSi. The number of hydrogen-bond acceptors (Lipinski definition) is 1. The van der Waals surface area contributed by atoms with Gasteiger partial charge in [-0.15, -0.1) is 0 Å². The molecule has 2 aromatic rings. The maximum Gasteiger partial charge on any atom is 0.247 e. The van der Waals surface area contributed by atoms with Gasteiger partial charge in [0.2, 0.25) is 10.5 Å². The van der Waals surface area contributed by atoms with E-state index in [2.05, 4.69) is 41.3 Å². The Labute approximate surface area is 99.3 Å². The van der Waals surface area contributed by atoms with E-state index in [1.54, 1.807) is 6.08 Å². The van der Waals surface area contributed by atoms with Crippen molar-refractivity contribution in [1.29, 1.82) is 0 Å². The highest BCUT2D eigenvalue weighted by molar-refractivity contribution is 5.99. The van der Waals surface area contributed by atoms with Gasteiger partial charge in [-0.05, 0) is 23.3 Å². The van der Waals surface area contributed by atoms with Crippen LogP contribution in [0.3, 0.4) is 0 Å². The highest BCUT2D eigenvalue weighted by atomic mass is 28.2. The van der Waals surface area contributed by atoms with Gasteiger partial charge in [-0.25, -0.2) is 0 Å². The molecule has 0 amide bonds. The third kappa shape index (κ3) is 1.70. The summed E-state index contributed by atoms with van der Waals surface area (Å²) < 4.78 is 5.37. The average Bonchev–Trinajstić information content (AvgIpc) is 2.37. The predicted molar refractivity (Wildman–Crippen MR) is 68.3 cm³/mol. The first-order chi connectivity index (χ1) is 7.71. The Balaban J connectivity index is 2.73. The van der Waals surface area contributed by atoms with E-state index in [1.165, 1.54) is 10.8 Å².